The smallest absolute Gasteiger partial charge is 0.123 e. The molecule has 0 unspecified atom stereocenters. The summed E-state index contributed by atoms with van der Waals surface area (Å²) in [6.45, 7) is 2.55. The first-order chi connectivity index (χ1) is 9.22. The lowest BCUT2D eigenvalue weighted by Crippen LogP contribution is -1.94. The summed E-state index contributed by atoms with van der Waals surface area (Å²) in [7, 11) is 0. The molecule has 3 heteroatoms. The van der Waals surface area contributed by atoms with Crippen molar-refractivity contribution < 1.29 is 9.84 Å². The van der Waals surface area contributed by atoms with Gasteiger partial charge in [-0.05, 0) is 31.2 Å². The molecular weight excluding hydrogens is 238 g/mol. The molecule has 19 heavy (non-hydrogen) atoms. The van der Waals surface area contributed by atoms with Crippen molar-refractivity contribution in [2.24, 2.45) is 0 Å². The van der Waals surface area contributed by atoms with E-state index in [-0.39, 0.29) is 5.75 Å². The maximum absolute atomic E-state index is 9.39. The first-order valence-electron chi connectivity index (χ1n) is 6.21. The average molecular weight is 253 g/mol. The van der Waals surface area contributed by atoms with Gasteiger partial charge in [0, 0.05) is 28.7 Å². The average Bonchev–Trinajstić information content (AvgIpc) is 2.79. The lowest BCUT2D eigenvalue weighted by molar-refractivity contribution is 0.306. The van der Waals surface area contributed by atoms with E-state index in [9.17, 15) is 5.11 Å². The molecule has 1 heterocycles. The third kappa shape index (κ3) is 2.40. The Morgan fingerprint density at radius 3 is 2.89 bits per heavy atom. The Hall–Kier alpha value is -2.42. The van der Waals surface area contributed by atoms with Crippen LogP contribution < -0.4 is 4.74 Å². The number of rotatable bonds is 3. The minimum atomic E-state index is 0.215. The molecule has 0 aliphatic carbocycles. The Morgan fingerprint density at radius 2 is 2.05 bits per heavy atom. The van der Waals surface area contributed by atoms with Crippen molar-refractivity contribution in [3.05, 3.63) is 59.8 Å². The molecule has 2 aromatic carbocycles. The zero-order valence-corrected chi connectivity index (χ0v) is 10.7. The minimum Gasteiger partial charge on any atom is -0.508 e. The van der Waals surface area contributed by atoms with Crippen LogP contribution in [0.25, 0.3) is 10.9 Å². The normalized spacial score (nSPS) is 10.8. The molecule has 3 aromatic rings. The number of fused-ring (bicyclic) bond motifs is 1. The monoisotopic (exact) mass is 253 g/mol. The molecule has 96 valence electrons. The number of aromatic amines is 1. The fourth-order valence-corrected chi connectivity index (χ4v) is 2.15. The number of ether oxygens (including phenoxy) is 1. The number of benzene rings is 2. The fraction of sp³-hybridized carbons (Fsp3) is 0.125. The summed E-state index contributed by atoms with van der Waals surface area (Å²) in [5, 5.41) is 10.6. The molecule has 0 aliphatic rings. The zero-order chi connectivity index (χ0) is 13.2. The number of hydrogen-bond acceptors (Lipinski definition) is 2. The molecule has 0 saturated carbocycles. The number of phenolic OH excluding ortho intramolecular Hbond substituents is 1. The molecule has 0 radical (unpaired) electrons. The molecular formula is C16H15NO2. The van der Waals surface area contributed by atoms with Crippen LogP contribution in [-0.4, -0.2) is 10.1 Å². The van der Waals surface area contributed by atoms with Crippen molar-refractivity contribution in [3.63, 3.8) is 0 Å². The summed E-state index contributed by atoms with van der Waals surface area (Å²) in [6, 6.07) is 13.1. The predicted octanol–water partition coefficient (Wildman–Crippen LogP) is 3.76. The highest BCUT2D eigenvalue weighted by atomic mass is 16.5. The minimum absolute atomic E-state index is 0.215. The highest BCUT2D eigenvalue weighted by Crippen LogP contribution is 2.23. The SMILES string of the molecule is Cc1ccc2[nH]cc(COc3cccc(O)c3)c2c1. The second-order valence-electron chi connectivity index (χ2n) is 4.65. The second kappa shape index (κ2) is 4.69. The van der Waals surface area contributed by atoms with Crippen LogP contribution in [0.15, 0.2) is 48.7 Å². The van der Waals surface area contributed by atoms with Gasteiger partial charge in [0.25, 0.3) is 0 Å². The van der Waals surface area contributed by atoms with E-state index in [0.717, 1.165) is 11.1 Å². The van der Waals surface area contributed by atoms with Crippen LogP contribution in [-0.2, 0) is 6.61 Å². The van der Waals surface area contributed by atoms with Crippen molar-refractivity contribution in [3.8, 4) is 11.5 Å². The highest BCUT2D eigenvalue weighted by molar-refractivity contribution is 5.83. The number of aromatic nitrogens is 1. The number of hydrogen-bond donors (Lipinski definition) is 2. The summed E-state index contributed by atoms with van der Waals surface area (Å²) in [6.07, 6.45) is 1.97. The lowest BCUT2D eigenvalue weighted by Gasteiger charge is -2.05. The van der Waals surface area contributed by atoms with Crippen LogP contribution in [0.2, 0.25) is 0 Å². The van der Waals surface area contributed by atoms with E-state index in [1.54, 1.807) is 18.2 Å². The van der Waals surface area contributed by atoms with Crippen LogP contribution in [0.4, 0.5) is 0 Å². The molecule has 0 spiro atoms. The van der Waals surface area contributed by atoms with Crippen LogP contribution in [0.1, 0.15) is 11.1 Å². The summed E-state index contributed by atoms with van der Waals surface area (Å²) in [5.74, 6) is 0.884. The van der Waals surface area contributed by atoms with E-state index in [0.29, 0.717) is 12.4 Å². The topological polar surface area (TPSA) is 45.2 Å². The Balaban J connectivity index is 1.84. The van der Waals surface area contributed by atoms with Crippen molar-refractivity contribution in [1.82, 2.24) is 4.98 Å². The maximum Gasteiger partial charge on any atom is 0.123 e. The van der Waals surface area contributed by atoms with Crippen molar-refractivity contribution in [2.45, 2.75) is 13.5 Å². The Morgan fingerprint density at radius 1 is 1.16 bits per heavy atom. The number of aryl methyl sites for hydroxylation is 1. The van der Waals surface area contributed by atoms with Gasteiger partial charge in [-0.1, -0.05) is 17.7 Å². The number of nitrogens with one attached hydrogen (secondary N) is 1. The molecule has 0 bridgehead atoms. The molecule has 0 fully saturated rings. The predicted molar refractivity (Wildman–Crippen MR) is 75.5 cm³/mol. The van der Waals surface area contributed by atoms with Gasteiger partial charge in [-0.25, -0.2) is 0 Å². The van der Waals surface area contributed by atoms with Gasteiger partial charge in [-0.2, -0.15) is 0 Å². The first-order valence-corrected chi connectivity index (χ1v) is 6.21. The third-order valence-corrected chi connectivity index (χ3v) is 3.13. The molecule has 1 aromatic heterocycles. The molecule has 0 amide bonds. The summed E-state index contributed by atoms with van der Waals surface area (Å²) in [4.78, 5) is 3.23. The number of phenols is 1. The van der Waals surface area contributed by atoms with E-state index in [1.165, 1.54) is 10.9 Å². The van der Waals surface area contributed by atoms with Crippen molar-refractivity contribution in [2.75, 3.05) is 0 Å². The quantitative estimate of drug-likeness (QED) is 0.746. The van der Waals surface area contributed by atoms with E-state index in [1.807, 2.05) is 12.3 Å². The molecule has 0 saturated heterocycles. The van der Waals surface area contributed by atoms with Gasteiger partial charge in [0.15, 0.2) is 0 Å². The van der Waals surface area contributed by atoms with Gasteiger partial charge < -0.3 is 14.8 Å². The molecule has 0 aliphatic heterocycles. The highest BCUT2D eigenvalue weighted by Gasteiger charge is 2.05. The first kappa shape index (κ1) is 11.7. The summed E-state index contributed by atoms with van der Waals surface area (Å²) < 4.78 is 5.70. The van der Waals surface area contributed by atoms with E-state index >= 15 is 0 Å². The standard InChI is InChI=1S/C16H15NO2/c1-11-5-6-16-15(7-11)12(9-17-16)10-19-14-4-2-3-13(18)8-14/h2-9,17-18H,10H2,1H3. The van der Waals surface area contributed by atoms with Gasteiger partial charge >= 0.3 is 0 Å². The van der Waals surface area contributed by atoms with Gasteiger partial charge in [0.1, 0.15) is 18.1 Å². The van der Waals surface area contributed by atoms with Gasteiger partial charge in [-0.3, -0.25) is 0 Å². The Bertz CT molecular complexity index is 716. The van der Waals surface area contributed by atoms with Crippen molar-refractivity contribution >= 4 is 10.9 Å². The lowest BCUT2D eigenvalue weighted by atomic mass is 10.1. The molecule has 3 rings (SSSR count). The molecule has 3 nitrogen and oxygen atoms in total. The Labute approximate surface area is 111 Å². The van der Waals surface area contributed by atoms with E-state index < -0.39 is 0 Å². The van der Waals surface area contributed by atoms with Crippen molar-refractivity contribution in [1.29, 1.82) is 0 Å². The zero-order valence-electron chi connectivity index (χ0n) is 10.7. The van der Waals surface area contributed by atoms with Gasteiger partial charge in [0.05, 0.1) is 0 Å². The van der Waals surface area contributed by atoms with Crippen LogP contribution >= 0.6 is 0 Å². The maximum atomic E-state index is 9.39. The fourth-order valence-electron chi connectivity index (χ4n) is 2.15. The van der Waals surface area contributed by atoms with Gasteiger partial charge in [0.2, 0.25) is 0 Å². The third-order valence-electron chi connectivity index (χ3n) is 3.13. The van der Waals surface area contributed by atoms with Gasteiger partial charge in [-0.15, -0.1) is 0 Å². The van der Waals surface area contributed by atoms with Crippen LogP contribution in [0.3, 0.4) is 0 Å². The largest absolute Gasteiger partial charge is 0.508 e. The van der Waals surface area contributed by atoms with E-state index in [2.05, 4.69) is 30.1 Å². The summed E-state index contributed by atoms with van der Waals surface area (Å²) in [5.41, 5.74) is 3.45. The molecule has 2 N–H and O–H groups in total. The molecule has 0 atom stereocenters. The van der Waals surface area contributed by atoms with Crippen LogP contribution in [0, 0.1) is 6.92 Å². The Kier molecular flexibility index (Phi) is 2.88. The summed E-state index contributed by atoms with van der Waals surface area (Å²) >= 11 is 0. The number of aromatic hydroxyl groups is 1. The van der Waals surface area contributed by atoms with E-state index in [4.69, 9.17) is 4.74 Å². The number of H-pyrrole nitrogens is 1. The second-order valence-corrected chi connectivity index (χ2v) is 4.65. The van der Waals surface area contributed by atoms with Crippen LogP contribution in [0.5, 0.6) is 11.5 Å².